The number of piperidine rings is 1. The molecule has 0 aromatic heterocycles. The second kappa shape index (κ2) is 7.39. The topological polar surface area (TPSA) is 15.3 Å². The Kier molecular flexibility index (Phi) is 5.83. The lowest BCUT2D eigenvalue weighted by atomic mass is 9.88. The Morgan fingerprint density at radius 1 is 1.06 bits per heavy atom. The van der Waals surface area contributed by atoms with Gasteiger partial charge in [0.15, 0.2) is 0 Å². The molecule has 2 aliphatic rings. The van der Waals surface area contributed by atoms with Gasteiger partial charge in [0.25, 0.3) is 6.43 Å². The number of alkyl halides is 2. The predicted octanol–water partition coefficient (Wildman–Crippen LogP) is 2.89. The summed E-state index contributed by atoms with van der Waals surface area (Å²) in [6, 6.07) is 0.274. The number of nitrogens with one attached hydrogen (secondary N) is 1. The molecule has 0 aromatic rings. The Morgan fingerprint density at radius 3 is 2.56 bits per heavy atom. The molecule has 1 aliphatic heterocycles. The summed E-state index contributed by atoms with van der Waals surface area (Å²) >= 11 is 0. The monoisotopic (exact) mass is 260 g/mol. The molecule has 1 saturated carbocycles. The van der Waals surface area contributed by atoms with Crippen molar-refractivity contribution in [3.05, 3.63) is 0 Å². The maximum atomic E-state index is 12.2. The molecule has 1 heterocycles. The van der Waals surface area contributed by atoms with E-state index >= 15 is 0 Å². The van der Waals surface area contributed by atoms with Crippen molar-refractivity contribution in [1.29, 1.82) is 0 Å². The lowest BCUT2D eigenvalue weighted by Crippen LogP contribution is -2.48. The van der Waals surface area contributed by atoms with Crippen molar-refractivity contribution in [2.45, 2.75) is 57.4 Å². The Morgan fingerprint density at radius 2 is 1.83 bits per heavy atom. The molecule has 0 spiro atoms. The largest absolute Gasteiger partial charge is 0.307 e. The van der Waals surface area contributed by atoms with Crippen LogP contribution in [0.25, 0.3) is 0 Å². The average Bonchev–Trinajstić information content (AvgIpc) is 2.38. The predicted molar refractivity (Wildman–Crippen MR) is 70.0 cm³/mol. The second-order valence-corrected chi connectivity index (χ2v) is 5.90. The van der Waals surface area contributed by atoms with Crippen molar-refractivity contribution >= 4 is 0 Å². The molecule has 18 heavy (non-hydrogen) atoms. The van der Waals surface area contributed by atoms with Crippen LogP contribution in [-0.2, 0) is 0 Å². The minimum absolute atomic E-state index is 0.151. The fourth-order valence-electron chi connectivity index (χ4n) is 3.38. The van der Waals surface area contributed by atoms with Crippen LogP contribution in [0.5, 0.6) is 0 Å². The summed E-state index contributed by atoms with van der Waals surface area (Å²) in [6.45, 7) is 3.15. The maximum Gasteiger partial charge on any atom is 0.250 e. The Balaban J connectivity index is 1.68. The molecular weight excluding hydrogens is 234 g/mol. The maximum absolute atomic E-state index is 12.2. The third-order valence-electron chi connectivity index (χ3n) is 4.31. The average molecular weight is 260 g/mol. The van der Waals surface area contributed by atoms with Crippen molar-refractivity contribution < 1.29 is 8.78 Å². The molecule has 1 N–H and O–H groups in total. The second-order valence-electron chi connectivity index (χ2n) is 5.90. The Labute approximate surface area is 109 Å². The van der Waals surface area contributed by atoms with E-state index in [1.807, 2.05) is 0 Å². The number of halogens is 2. The van der Waals surface area contributed by atoms with E-state index in [9.17, 15) is 8.78 Å². The van der Waals surface area contributed by atoms with Crippen LogP contribution in [0.4, 0.5) is 8.78 Å². The molecule has 2 fully saturated rings. The molecule has 1 saturated heterocycles. The SMILES string of the molecule is FC(F)CNC1CCCN(CC2CCCCC2)C1. The first-order valence-electron chi connectivity index (χ1n) is 7.48. The fourth-order valence-corrected chi connectivity index (χ4v) is 3.38. The smallest absolute Gasteiger partial charge is 0.250 e. The molecule has 0 radical (unpaired) electrons. The molecule has 0 aromatic carbocycles. The summed E-state index contributed by atoms with van der Waals surface area (Å²) in [5, 5.41) is 3.00. The van der Waals surface area contributed by atoms with E-state index in [1.165, 1.54) is 38.6 Å². The standard InChI is InChI=1S/C14H26F2N2/c15-14(16)9-17-13-7-4-8-18(11-13)10-12-5-2-1-3-6-12/h12-14,17H,1-11H2. The van der Waals surface area contributed by atoms with E-state index in [-0.39, 0.29) is 12.6 Å². The van der Waals surface area contributed by atoms with E-state index in [4.69, 9.17) is 0 Å². The zero-order valence-electron chi connectivity index (χ0n) is 11.2. The van der Waals surface area contributed by atoms with Gasteiger partial charge in [-0.1, -0.05) is 19.3 Å². The van der Waals surface area contributed by atoms with Gasteiger partial charge >= 0.3 is 0 Å². The van der Waals surface area contributed by atoms with Gasteiger partial charge in [-0.25, -0.2) is 8.78 Å². The van der Waals surface area contributed by atoms with E-state index < -0.39 is 6.43 Å². The van der Waals surface area contributed by atoms with Crippen LogP contribution < -0.4 is 5.32 Å². The van der Waals surface area contributed by atoms with Gasteiger partial charge in [-0.3, -0.25) is 0 Å². The molecule has 0 amide bonds. The molecule has 2 rings (SSSR count). The van der Waals surface area contributed by atoms with Crippen molar-refractivity contribution in [2.24, 2.45) is 5.92 Å². The van der Waals surface area contributed by atoms with Crippen molar-refractivity contribution in [2.75, 3.05) is 26.2 Å². The Bertz CT molecular complexity index is 230. The third-order valence-corrected chi connectivity index (χ3v) is 4.31. The summed E-state index contributed by atoms with van der Waals surface area (Å²) in [5.41, 5.74) is 0. The first-order chi connectivity index (χ1) is 8.74. The molecular formula is C14H26F2N2. The number of likely N-dealkylation sites (tertiary alicyclic amines) is 1. The van der Waals surface area contributed by atoms with Crippen LogP contribution >= 0.6 is 0 Å². The van der Waals surface area contributed by atoms with Crippen LogP contribution in [0, 0.1) is 5.92 Å². The van der Waals surface area contributed by atoms with E-state index in [2.05, 4.69) is 10.2 Å². The van der Waals surface area contributed by atoms with Gasteiger partial charge < -0.3 is 10.2 Å². The fraction of sp³-hybridized carbons (Fsp3) is 1.00. The molecule has 0 bridgehead atoms. The molecule has 1 unspecified atom stereocenters. The highest BCUT2D eigenvalue weighted by molar-refractivity contribution is 4.80. The molecule has 1 atom stereocenters. The highest BCUT2D eigenvalue weighted by Crippen LogP contribution is 2.25. The molecule has 106 valence electrons. The third kappa shape index (κ3) is 4.81. The quantitative estimate of drug-likeness (QED) is 0.817. The van der Waals surface area contributed by atoms with Crippen LogP contribution in [-0.4, -0.2) is 43.5 Å². The van der Waals surface area contributed by atoms with E-state index in [0.29, 0.717) is 0 Å². The first kappa shape index (κ1) is 14.2. The van der Waals surface area contributed by atoms with Crippen LogP contribution in [0.3, 0.4) is 0 Å². The molecule has 2 nitrogen and oxygen atoms in total. The zero-order valence-corrected chi connectivity index (χ0v) is 11.2. The van der Waals surface area contributed by atoms with Gasteiger partial charge in [-0.15, -0.1) is 0 Å². The summed E-state index contributed by atoms with van der Waals surface area (Å²) in [5.74, 6) is 0.854. The number of hydrogen-bond donors (Lipinski definition) is 1. The number of rotatable bonds is 5. The van der Waals surface area contributed by atoms with Crippen molar-refractivity contribution in [3.63, 3.8) is 0 Å². The lowest BCUT2D eigenvalue weighted by molar-refractivity contribution is 0.117. The van der Waals surface area contributed by atoms with E-state index in [1.54, 1.807) is 0 Å². The number of nitrogens with zero attached hydrogens (tertiary/aromatic N) is 1. The van der Waals surface area contributed by atoms with Crippen molar-refractivity contribution in [3.8, 4) is 0 Å². The highest BCUT2D eigenvalue weighted by Gasteiger charge is 2.23. The molecule has 4 heteroatoms. The Hall–Kier alpha value is -0.220. The zero-order chi connectivity index (χ0) is 12.8. The summed E-state index contributed by atoms with van der Waals surface area (Å²) in [6.07, 6.45) is 6.86. The minimum atomic E-state index is -2.22. The van der Waals surface area contributed by atoms with Crippen molar-refractivity contribution in [1.82, 2.24) is 10.2 Å². The summed E-state index contributed by atoms with van der Waals surface area (Å²) < 4.78 is 24.4. The summed E-state index contributed by atoms with van der Waals surface area (Å²) in [7, 11) is 0. The van der Waals surface area contributed by atoms with Gasteiger partial charge in [-0.05, 0) is 38.1 Å². The number of hydrogen-bond acceptors (Lipinski definition) is 2. The molecule has 1 aliphatic carbocycles. The van der Waals surface area contributed by atoms with Gasteiger partial charge in [0.2, 0.25) is 0 Å². The highest BCUT2D eigenvalue weighted by atomic mass is 19.3. The lowest BCUT2D eigenvalue weighted by Gasteiger charge is -2.36. The summed E-state index contributed by atoms with van der Waals surface area (Å²) in [4.78, 5) is 2.49. The van der Waals surface area contributed by atoms with Gasteiger partial charge in [0.1, 0.15) is 0 Å². The first-order valence-corrected chi connectivity index (χ1v) is 7.48. The van der Waals surface area contributed by atoms with E-state index in [0.717, 1.165) is 31.8 Å². The van der Waals surface area contributed by atoms with Crippen LogP contribution in [0.1, 0.15) is 44.9 Å². The normalized spacial score (nSPS) is 27.8. The van der Waals surface area contributed by atoms with Crippen LogP contribution in [0.2, 0.25) is 0 Å². The van der Waals surface area contributed by atoms with Gasteiger partial charge in [0, 0.05) is 19.1 Å². The van der Waals surface area contributed by atoms with Crippen LogP contribution in [0.15, 0.2) is 0 Å². The minimum Gasteiger partial charge on any atom is -0.307 e. The van der Waals surface area contributed by atoms with Gasteiger partial charge in [-0.2, -0.15) is 0 Å². The van der Waals surface area contributed by atoms with Gasteiger partial charge in [0.05, 0.1) is 6.54 Å².